The van der Waals surface area contributed by atoms with Gasteiger partial charge < -0.3 is 15.7 Å². The minimum atomic E-state index is -0.773. The van der Waals surface area contributed by atoms with E-state index in [9.17, 15) is 9.59 Å². The molecular formula is C7H12N2O4. The Morgan fingerprint density at radius 1 is 1.62 bits per heavy atom. The number of carbonyl (C=O) groups excluding carboxylic acids is 2. The summed E-state index contributed by atoms with van der Waals surface area (Å²) in [6, 6.07) is -0.713. The lowest BCUT2D eigenvalue weighted by Gasteiger charge is -2.14. The van der Waals surface area contributed by atoms with Crippen LogP contribution in [0, 0.1) is 0 Å². The summed E-state index contributed by atoms with van der Waals surface area (Å²) in [5, 5.41) is 10.0. The first kappa shape index (κ1) is 10.1. The highest BCUT2D eigenvalue weighted by atomic mass is 16.6. The summed E-state index contributed by atoms with van der Waals surface area (Å²) in [5.74, 6) is -1.50. The molecule has 0 unspecified atom stereocenters. The average Bonchev–Trinajstić information content (AvgIpc) is 2.51. The van der Waals surface area contributed by atoms with Crippen molar-refractivity contribution >= 4 is 11.9 Å². The number of carbonyl (C=O) groups is 2. The van der Waals surface area contributed by atoms with Gasteiger partial charge in [0.1, 0.15) is 6.04 Å². The molecule has 1 saturated heterocycles. The number of nitrogens with zero attached hydrogens (tertiary/aromatic N) is 1. The molecule has 0 spiro atoms. The standard InChI is InChI=1S/C7H12N2O4/c8-4-6(10)13-7(11)5-2-1-3-9(5)12/h5,12H,1-4,8H2/t5-/m0/s1. The molecule has 0 radical (unpaired) electrons. The van der Waals surface area contributed by atoms with Crippen LogP contribution in [-0.4, -0.2) is 41.3 Å². The Bertz CT molecular complexity index is 219. The molecule has 74 valence electrons. The number of nitrogens with two attached hydrogens (primary N) is 1. The van der Waals surface area contributed by atoms with Crippen LogP contribution < -0.4 is 5.73 Å². The minimum Gasteiger partial charge on any atom is -0.391 e. The first-order chi connectivity index (χ1) is 6.15. The molecule has 0 aliphatic carbocycles. The molecule has 0 saturated carbocycles. The zero-order valence-corrected chi connectivity index (χ0v) is 7.10. The van der Waals surface area contributed by atoms with Gasteiger partial charge in [0.2, 0.25) is 0 Å². The maximum Gasteiger partial charge on any atom is 0.333 e. The Balaban J connectivity index is 2.43. The number of ether oxygens (including phenoxy) is 1. The number of esters is 2. The van der Waals surface area contributed by atoms with E-state index in [1.165, 1.54) is 0 Å². The second-order valence-electron chi connectivity index (χ2n) is 2.82. The van der Waals surface area contributed by atoms with E-state index in [1.54, 1.807) is 0 Å². The van der Waals surface area contributed by atoms with E-state index in [4.69, 9.17) is 10.9 Å². The second kappa shape index (κ2) is 4.31. The number of hydrogen-bond donors (Lipinski definition) is 2. The molecule has 0 bridgehead atoms. The summed E-state index contributed by atoms with van der Waals surface area (Å²) in [4.78, 5) is 21.7. The summed E-state index contributed by atoms with van der Waals surface area (Å²) >= 11 is 0. The van der Waals surface area contributed by atoms with Gasteiger partial charge in [-0.2, -0.15) is 5.06 Å². The van der Waals surface area contributed by atoms with Crippen molar-refractivity contribution < 1.29 is 19.5 Å². The van der Waals surface area contributed by atoms with E-state index >= 15 is 0 Å². The maximum absolute atomic E-state index is 11.1. The van der Waals surface area contributed by atoms with Crippen LogP contribution in [0.25, 0.3) is 0 Å². The van der Waals surface area contributed by atoms with E-state index in [-0.39, 0.29) is 6.54 Å². The molecule has 1 aliphatic rings. The van der Waals surface area contributed by atoms with Crippen LogP contribution in [-0.2, 0) is 14.3 Å². The Labute approximate surface area is 75.2 Å². The van der Waals surface area contributed by atoms with Crippen LogP contribution in [0.3, 0.4) is 0 Å². The zero-order chi connectivity index (χ0) is 9.84. The molecule has 6 nitrogen and oxygen atoms in total. The molecule has 0 aromatic heterocycles. The van der Waals surface area contributed by atoms with Gasteiger partial charge in [0.25, 0.3) is 0 Å². The summed E-state index contributed by atoms with van der Waals surface area (Å²) in [6.07, 6.45) is 1.22. The molecule has 0 aromatic rings. The predicted octanol–water partition coefficient (Wildman–Crippen LogP) is -1.13. The normalized spacial score (nSPS) is 23.1. The van der Waals surface area contributed by atoms with Crippen molar-refractivity contribution in [2.24, 2.45) is 5.73 Å². The third-order valence-corrected chi connectivity index (χ3v) is 1.88. The fourth-order valence-corrected chi connectivity index (χ4v) is 1.21. The molecule has 1 heterocycles. The largest absolute Gasteiger partial charge is 0.391 e. The Morgan fingerprint density at radius 3 is 2.77 bits per heavy atom. The third-order valence-electron chi connectivity index (χ3n) is 1.88. The van der Waals surface area contributed by atoms with Crippen molar-refractivity contribution in [3.8, 4) is 0 Å². The van der Waals surface area contributed by atoms with Crippen LogP contribution in [0.2, 0.25) is 0 Å². The van der Waals surface area contributed by atoms with E-state index in [0.717, 1.165) is 5.06 Å². The third kappa shape index (κ3) is 2.48. The SMILES string of the molecule is NCC(=O)OC(=O)[C@@H]1CCCN1O. The topological polar surface area (TPSA) is 92.9 Å². The summed E-state index contributed by atoms with van der Waals surface area (Å²) in [6.45, 7) is 0.0977. The highest BCUT2D eigenvalue weighted by Gasteiger charge is 2.32. The quantitative estimate of drug-likeness (QED) is 0.420. The van der Waals surface area contributed by atoms with Crippen molar-refractivity contribution in [3.05, 3.63) is 0 Å². The lowest BCUT2D eigenvalue weighted by atomic mass is 10.2. The smallest absolute Gasteiger partial charge is 0.333 e. The van der Waals surface area contributed by atoms with E-state index < -0.39 is 18.0 Å². The van der Waals surface area contributed by atoms with E-state index in [1.807, 2.05) is 0 Å². The highest BCUT2D eigenvalue weighted by Crippen LogP contribution is 2.15. The summed E-state index contributed by atoms with van der Waals surface area (Å²) in [7, 11) is 0. The Kier molecular flexibility index (Phi) is 3.35. The summed E-state index contributed by atoms with van der Waals surface area (Å²) in [5.41, 5.74) is 4.95. The second-order valence-corrected chi connectivity index (χ2v) is 2.82. The Morgan fingerprint density at radius 2 is 2.31 bits per heavy atom. The van der Waals surface area contributed by atoms with Gasteiger partial charge >= 0.3 is 11.9 Å². The van der Waals surface area contributed by atoms with Crippen molar-refractivity contribution in [3.63, 3.8) is 0 Å². The molecule has 13 heavy (non-hydrogen) atoms. The number of rotatable bonds is 2. The van der Waals surface area contributed by atoms with Gasteiger partial charge in [-0.15, -0.1) is 0 Å². The van der Waals surface area contributed by atoms with E-state index in [2.05, 4.69) is 4.74 Å². The van der Waals surface area contributed by atoms with Gasteiger partial charge in [-0.05, 0) is 12.8 Å². The lowest BCUT2D eigenvalue weighted by molar-refractivity contribution is -0.173. The van der Waals surface area contributed by atoms with Gasteiger partial charge in [-0.1, -0.05) is 0 Å². The lowest BCUT2D eigenvalue weighted by Crippen LogP contribution is -2.37. The molecular weight excluding hydrogens is 176 g/mol. The van der Waals surface area contributed by atoms with Crippen molar-refractivity contribution in [1.82, 2.24) is 5.06 Å². The van der Waals surface area contributed by atoms with E-state index in [0.29, 0.717) is 19.4 Å². The van der Waals surface area contributed by atoms with Crippen LogP contribution in [0.1, 0.15) is 12.8 Å². The molecule has 6 heteroatoms. The van der Waals surface area contributed by atoms with Gasteiger partial charge in [-0.25, -0.2) is 4.79 Å². The molecule has 1 atom stereocenters. The monoisotopic (exact) mass is 188 g/mol. The molecule has 0 amide bonds. The van der Waals surface area contributed by atoms with Gasteiger partial charge in [0.15, 0.2) is 0 Å². The van der Waals surface area contributed by atoms with Gasteiger partial charge in [-0.3, -0.25) is 4.79 Å². The first-order valence-corrected chi connectivity index (χ1v) is 4.05. The van der Waals surface area contributed by atoms with Crippen molar-refractivity contribution in [1.29, 1.82) is 0 Å². The van der Waals surface area contributed by atoms with Crippen LogP contribution in [0.5, 0.6) is 0 Å². The highest BCUT2D eigenvalue weighted by molar-refractivity contribution is 5.89. The van der Waals surface area contributed by atoms with Crippen LogP contribution in [0.15, 0.2) is 0 Å². The van der Waals surface area contributed by atoms with Crippen molar-refractivity contribution in [2.75, 3.05) is 13.1 Å². The molecule has 0 aromatic carbocycles. The number of hydroxylamine groups is 2. The molecule has 3 N–H and O–H groups in total. The Hall–Kier alpha value is -0.980. The minimum absolute atomic E-state index is 0.329. The molecule has 1 aliphatic heterocycles. The zero-order valence-electron chi connectivity index (χ0n) is 7.10. The van der Waals surface area contributed by atoms with Crippen molar-refractivity contribution in [2.45, 2.75) is 18.9 Å². The average molecular weight is 188 g/mol. The fraction of sp³-hybridized carbons (Fsp3) is 0.714. The van der Waals surface area contributed by atoms with Gasteiger partial charge in [0.05, 0.1) is 6.54 Å². The molecule has 1 rings (SSSR count). The van der Waals surface area contributed by atoms with Gasteiger partial charge in [0, 0.05) is 6.54 Å². The predicted molar refractivity (Wildman–Crippen MR) is 41.7 cm³/mol. The van der Waals surface area contributed by atoms with Crippen LogP contribution >= 0.6 is 0 Å². The number of hydrogen-bond acceptors (Lipinski definition) is 6. The fourth-order valence-electron chi connectivity index (χ4n) is 1.21. The summed E-state index contributed by atoms with van der Waals surface area (Å²) < 4.78 is 4.35. The van der Waals surface area contributed by atoms with Crippen LogP contribution in [0.4, 0.5) is 0 Å². The molecule has 1 fully saturated rings. The first-order valence-electron chi connectivity index (χ1n) is 4.05. The maximum atomic E-state index is 11.1.